The standard InChI is InChI=1S/C14H13ClFNO/c1-9-7-10(2)17-14(11(9)8-15)18-13-6-4-3-5-12(13)16/h3-7H,8H2,1-2H3. The molecule has 0 saturated carbocycles. The number of hydrogen-bond donors (Lipinski definition) is 0. The number of benzene rings is 1. The monoisotopic (exact) mass is 265 g/mol. The zero-order chi connectivity index (χ0) is 13.1. The van der Waals surface area contributed by atoms with E-state index in [0.717, 1.165) is 16.8 Å². The molecular formula is C14H13ClFNO. The van der Waals surface area contributed by atoms with Crippen LogP contribution in [0.3, 0.4) is 0 Å². The predicted molar refractivity (Wildman–Crippen MR) is 69.7 cm³/mol. The van der Waals surface area contributed by atoms with Crippen LogP contribution in [0, 0.1) is 19.7 Å². The molecule has 4 heteroatoms. The summed E-state index contributed by atoms with van der Waals surface area (Å²) in [5.74, 6) is 0.385. The highest BCUT2D eigenvalue weighted by atomic mass is 35.5. The van der Waals surface area contributed by atoms with Gasteiger partial charge in [0.2, 0.25) is 5.88 Å². The maximum Gasteiger partial charge on any atom is 0.224 e. The van der Waals surface area contributed by atoms with Crippen LogP contribution in [0.4, 0.5) is 4.39 Å². The van der Waals surface area contributed by atoms with E-state index < -0.39 is 5.82 Å². The summed E-state index contributed by atoms with van der Waals surface area (Å²) in [5.41, 5.74) is 2.59. The van der Waals surface area contributed by atoms with Gasteiger partial charge in [-0.3, -0.25) is 0 Å². The van der Waals surface area contributed by atoms with Gasteiger partial charge in [-0.05, 0) is 37.6 Å². The van der Waals surface area contributed by atoms with Crippen LogP contribution in [0.5, 0.6) is 11.6 Å². The fourth-order valence-electron chi connectivity index (χ4n) is 1.71. The molecule has 0 amide bonds. The molecule has 0 aliphatic rings. The van der Waals surface area contributed by atoms with E-state index >= 15 is 0 Å². The molecule has 0 fully saturated rings. The van der Waals surface area contributed by atoms with Crippen LogP contribution in [-0.2, 0) is 5.88 Å². The minimum absolute atomic E-state index is 0.154. The van der Waals surface area contributed by atoms with Crippen LogP contribution in [-0.4, -0.2) is 4.98 Å². The topological polar surface area (TPSA) is 22.1 Å². The number of pyridine rings is 1. The zero-order valence-corrected chi connectivity index (χ0v) is 11.0. The van der Waals surface area contributed by atoms with E-state index in [1.165, 1.54) is 6.07 Å². The highest BCUT2D eigenvalue weighted by Gasteiger charge is 2.12. The summed E-state index contributed by atoms with van der Waals surface area (Å²) in [5, 5.41) is 0. The molecule has 2 nitrogen and oxygen atoms in total. The third-order valence-corrected chi connectivity index (χ3v) is 2.88. The van der Waals surface area contributed by atoms with Gasteiger partial charge in [0.15, 0.2) is 11.6 Å². The number of ether oxygens (including phenoxy) is 1. The van der Waals surface area contributed by atoms with Gasteiger partial charge < -0.3 is 4.74 Å². The second-order valence-corrected chi connectivity index (χ2v) is 4.30. The minimum atomic E-state index is -0.418. The Hall–Kier alpha value is -1.61. The number of aryl methyl sites for hydroxylation is 2. The molecule has 0 aliphatic heterocycles. The SMILES string of the molecule is Cc1cc(C)c(CCl)c(Oc2ccccc2F)n1. The molecule has 2 rings (SSSR count). The molecule has 0 unspecified atom stereocenters. The van der Waals surface area contributed by atoms with Crippen molar-refractivity contribution >= 4 is 11.6 Å². The summed E-state index contributed by atoms with van der Waals surface area (Å²) >= 11 is 5.88. The first-order chi connectivity index (χ1) is 8.61. The number of aromatic nitrogens is 1. The Morgan fingerprint density at radius 1 is 1.28 bits per heavy atom. The van der Waals surface area contributed by atoms with E-state index in [0.29, 0.717) is 5.88 Å². The quantitative estimate of drug-likeness (QED) is 0.769. The largest absolute Gasteiger partial charge is 0.436 e. The van der Waals surface area contributed by atoms with Crippen molar-refractivity contribution in [2.75, 3.05) is 0 Å². The number of alkyl halides is 1. The maximum atomic E-state index is 13.5. The fraction of sp³-hybridized carbons (Fsp3) is 0.214. The zero-order valence-electron chi connectivity index (χ0n) is 10.2. The van der Waals surface area contributed by atoms with E-state index in [2.05, 4.69) is 4.98 Å². The number of hydrogen-bond acceptors (Lipinski definition) is 2. The number of para-hydroxylation sites is 1. The molecule has 94 valence electrons. The third-order valence-electron chi connectivity index (χ3n) is 2.61. The van der Waals surface area contributed by atoms with Crippen LogP contribution < -0.4 is 4.74 Å². The molecule has 0 atom stereocenters. The van der Waals surface area contributed by atoms with E-state index in [1.807, 2.05) is 19.9 Å². The van der Waals surface area contributed by atoms with Gasteiger partial charge in [0.1, 0.15) is 0 Å². The van der Waals surface area contributed by atoms with Crippen LogP contribution in [0.15, 0.2) is 30.3 Å². The second kappa shape index (κ2) is 5.36. The summed E-state index contributed by atoms with van der Waals surface area (Å²) in [4.78, 5) is 4.27. The van der Waals surface area contributed by atoms with Crippen molar-refractivity contribution in [2.45, 2.75) is 19.7 Å². The summed E-state index contributed by atoms with van der Waals surface area (Å²) in [7, 11) is 0. The molecule has 18 heavy (non-hydrogen) atoms. The highest BCUT2D eigenvalue weighted by molar-refractivity contribution is 6.17. The Balaban J connectivity index is 2.43. The molecule has 1 aromatic heterocycles. The van der Waals surface area contributed by atoms with Gasteiger partial charge >= 0.3 is 0 Å². The fourth-order valence-corrected chi connectivity index (χ4v) is 2.03. The second-order valence-electron chi connectivity index (χ2n) is 4.03. The Morgan fingerprint density at radius 3 is 2.67 bits per heavy atom. The van der Waals surface area contributed by atoms with Crippen molar-refractivity contribution in [3.63, 3.8) is 0 Å². The number of rotatable bonds is 3. The van der Waals surface area contributed by atoms with E-state index in [4.69, 9.17) is 16.3 Å². The van der Waals surface area contributed by atoms with Gasteiger partial charge in [-0.2, -0.15) is 0 Å². The number of nitrogens with zero attached hydrogens (tertiary/aromatic N) is 1. The Bertz CT molecular complexity index is 572. The Morgan fingerprint density at radius 2 is 2.00 bits per heavy atom. The molecule has 0 radical (unpaired) electrons. The highest BCUT2D eigenvalue weighted by Crippen LogP contribution is 2.28. The van der Waals surface area contributed by atoms with E-state index in [-0.39, 0.29) is 11.6 Å². The summed E-state index contributed by atoms with van der Waals surface area (Å²) < 4.78 is 19.0. The van der Waals surface area contributed by atoms with E-state index in [1.54, 1.807) is 18.2 Å². The molecule has 0 aliphatic carbocycles. The van der Waals surface area contributed by atoms with Gasteiger partial charge in [-0.25, -0.2) is 9.37 Å². The van der Waals surface area contributed by atoms with Crippen LogP contribution >= 0.6 is 11.6 Å². The molecule has 2 aromatic rings. The molecule has 1 aromatic carbocycles. The smallest absolute Gasteiger partial charge is 0.224 e. The van der Waals surface area contributed by atoms with E-state index in [9.17, 15) is 4.39 Å². The lowest BCUT2D eigenvalue weighted by Gasteiger charge is -2.12. The van der Waals surface area contributed by atoms with Crippen LogP contribution in [0.25, 0.3) is 0 Å². The van der Waals surface area contributed by atoms with Gasteiger partial charge in [0.05, 0.1) is 5.88 Å². The first-order valence-electron chi connectivity index (χ1n) is 5.57. The lowest BCUT2D eigenvalue weighted by molar-refractivity contribution is 0.422. The summed E-state index contributed by atoms with van der Waals surface area (Å²) in [6.07, 6.45) is 0. The molecule has 1 heterocycles. The summed E-state index contributed by atoms with van der Waals surface area (Å²) in [6, 6.07) is 8.15. The lowest BCUT2D eigenvalue weighted by Crippen LogP contribution is -1.99. The lowest BCUT2D eigenvalue weighted by atomic mass is 10.1. The first-order valence-corrected chi connectivity index (χ1v) is 6.10. The maximum absolute atomic E-state index is 13.5. The normalized spacial score (nSPS) is 10.4. The van der Waals surface area contributed by atoms with Crippen molar-refractivity contribution in [1.82, 2.24) is 4.98 Å². The Kier molecular flexibility index (Phi) is 3.82. The molecule has 0 bridgehead atoms. The van der Waals surface area contributed by atoms with Gasteiger partial charge in [-0.15, -0.1) is 11.6 Å². The molecule has 0 saturated heterocycles. The van der Waals surface area contributed by atoms with Crippen molar-refractivity contribution in [1.29, 1.82) is 0 Å². The Labute approximate surface area is 110 Å². The van der Waals surface area contributed by atoms with Crippen LogP contribution in [0.2, 0.25) is 0 Å². The van der Waals surface area contributed by atoms with Gasteiger partial charge in [0.25, 0.3) is 0 Å². The third kappa shape index (κ3) is 2.62. The number of halogens is 2. The minimum Gasteiger partial charge on any atom is -0.436 e. The average molecular weight is 266 g/mol. The van der Waals surface area contributed by atoms with Crippen molar-refractivity contribution in [3.8, 4) is 11.6 Å². The van der Waals surface area contributed by atoms with Crippen molar-refractivity contribution < 1.29 is 9.13 Å². The molecular weight excluding hydrogens is 253 g/mol. The van der Waals surface area contributed by atoms with Crippen molar-refractivity contribution in [3.05, 3.63) is 53.0 Å². The molecule has 0 N–H and O–H groups in total. The van der Waals surface area contributed by atoms with Crippen LogP contribution in [0.1, 0.15) is 16.8 Å². The average Bonchev–Trinajstić information content (AvgIpc) is 2.31. The van der Waals surface area contributed by atoms with Gasteiger partial charge in [-0.1, -0.05) is 12.1 Å². The first kappa shape index (κ1) is 12.8. The van der Waals surface area contributed by atoms with Crippen molar-refractivity contribution in [2.24, 2.45) is 0 Å². The van der Waals surface area contributed by atoms with Gasteiger partial charge in [0, 0.05) is 11.3 Å². The molecule has 0 spiro atoms. The summed E-state index contributed by atoms with van der Waals surface area (Å²) in [6.45, 7) is 3.79. The predicted octanol–water partition coefficient (Wildman–Crippen LogP) is 4.37.